The molecule has 0 radical (unpaired) electrons. The van der Waals surface area contributed by atoms with Crippen molar-refractivity contribution < 1.29 is 24.3 Å². The first kappa shape index (κ1) is 37.2. The van der Waals surface area contributed by atoms with Crippen LogP contribution in [0.3, 0.4) is 0 Å². The van der Waals surface area contributed by atoms with Gasteiger partial charge in [0.05, 0.1) is 12.0 Å². The van der Waals surface area contributed by atoms with Crippen molar-refractivity contribution in [2.24, 2.45) is 5.92 Å². The fourth-order valence-corrected chi connectivity index (χ4v) is 4.99. The van der Waals surface area contributed by atoms with Crippen LogP contribution in [0, 0.1) is 5.92 Å². The summed E-state index contributed by atoms with van der Waals surface area (Å²) in [5.74, 6) is -1.78. The molecule has 7 heteroatoms. The fraction of sp³-hybridized carbons (Fsp3) is 0.875. The summed E-state index contributed by atoms with van der Waals surface area (Å²) in [6.45, 7) is 7.35. The van der Waals surface area contributed by atoms with E-state index in [4.69, 9.17) is 0 Å². The molecule has 0 aromatic heterocycles. The number of nitrogens with one attached hydrogen (secondary N) is 2. The second-order valence-corrected chi connectivity index (χ2v) is 11.1. The summed E-state index contributed by atoms with van der Waals surface area (Å²) in [4.78, 5) is 48.0. The first-order valence-corrected chi connectivity index (χ1v) is 16.1. The van der Waals surface area contributed by atoms with E-state index in [2.05, 4.69) is 17.6 Å². The van der Waals surface area contributed by atoms with Crippen molar-refractivity contribution >= 4 is 23.4 Å². The van der Waals surface area contributed by atoms with Crippen LogP contribution in [0.25, 0.3) is 0 Å². The molecular formula is C32H60N2O5. The molecule has 2 unspecified atom stereocenters. The maximum Gasteiger partial charge on any atom is 0.306 e. The second kappa shape index (κ2) is 26.5. The van der Waals surface area contributed by atoms with Crippen LogP contribution in [-0.4, -0.2) is 47.7 Å². The van der Waals surface area contributed by atoms with E-state index in [1.54, 1.807) is 0 Å². The molecule has 0 aromatic rings. The van der Waals surface area contributed by atoms with Gasteiger partial charge in [-0.05, 0) is 38.6 Å². The van der Waals surface area contributed by atoms with Crippen molar-refractivity contribution in [2.75, 3.05) is 13.1 Å². The summed E-state index contributed by atoms with van der Waals surface area (Å²) in [6, 6.07) is -0.121. The zero-order valence-corrected chi connectivity index (χ0v) is 25.5. The fourth-order valence-electron chi connectivity index (χ4n) is 4.99. The Labute approximate surface area is 239 Å². The summed E-state index contributed by atoms with van der Waals surface area (Å²) in [5, 5.41) is 15.6. The van der Waals surface area contributed by atoms with Crippen LogP contribution in [0.15, 0.2) is 0 Å². The van der Waals surface area contributed by atoms with E-state index in [9.17, 15) is 24.3 Å². The first-order valence-electron chi connectivity index (χ1n) is 16.1. The van der Waals surface area contributed by atoms with Crippen molar-refractivity contribution in [3.63, 3.8) is 0 Å². The number of Topliss-reactive ketones (excluding diaryl/α,β-unsaturated/α-hetero) is 2. The van der Waals surface area contributed by atoms with E-state index in [1.807, 2.05) is 13.8 Å². The molecule has 0 aromatic carbocycles. The third kappa shape index (κ3) is 22.7. The number of carboxylic acid groups (broad SMARTS) is 1. The molecule has 0 aliphatic carbocycles. The van der Waals surface area contributed by atoms with Crippen LogP contribution < -0.4 is 10.6 Å². The third-order valence-electron chi connectivity index (χ3n) is 7.53. The van der Waals surface area contributed by atoms with E-state index < -0.39 is 11.9 Å². The molecule has 0 saturated heterocycles. The molecule has 0 heterocycles. The van der Waals surface area contributed by atoms with Gasteiger partial charge in [0.25, 0.3) is 0 Å². The molecule has 7 nitrogen and oxygen atoms in total. The number of hydrogen-bond acceptors (Lipinski definition) is 5. The maximum atomic E-state index is 12.3. The maximum absolute atomic E-state index is 12.3. The average Bonchev–Trinajstić information content (AvgIpc) is 2.92. The molecule has 0 fully saturated rings. The van der Waals surface area contributed by atoms with Gasteiger partial charge in [0.2, 0.25) is 5.91 Å². The molecule has 0 aliphatic heterocycles. The molecule has 3 N–H and O–H groups in total. The molecule has 0 saturated carbocycles. The minimum Gasteiger partial charge on any atom is -0.481 e. The number of likely N-dealkylation sites (N-methyl/N-ethyl adjacent to an activating group) is 1. The van der Waals surface area contributed by atoms with Gasteiger partial charge in [0.1, 0.15) is 11.6 Å². The Balaban J connectivity index is 3.88. The van der Waals surface area contributed by atoms with Gasteiger partial charge in [0.15, 0.2) is 0 Å². The van der Waals surface area contributed by atoms with E-state index in [0.29, 0.717) is 19.4 Å². The van der Waals surface area contributed by atoms with E-state index in [1.165, 1.54) is 64.2 Å². The summed E-state index contributed by atoms with van der Waals surface area (Å²) in [7, 11) is 0. The second-order valence-electron chi connectivity index (χ2n) is 11.1. The predicted molar refractivity (Wildman–Crippen MR) is 160 cm³/mol. The van der Waals surface area contributed by atoms with Gasteiger partial charge in [-0.15, -0.1) is 0 Å². The molecule has 0 rings (SSSR count). The van der Waals surface area contributed by atoms with Crippen molar-refractivity contribution in [3.8, 4) is 0 Å². The summed E-state index contributed by atoms with van der Waals surface area (Å²) < 4.78 is 0. The van der Waals surface area contributed by atoms with Gasteiger partial charge in [-0.2, -0.15) is 0 Å². The van der Waals surface area contributed by atoms with Crippen LogP contribution in [0.2, 0.25) is 0 Å². The molecule has 39 heavy (non-hydrogen) atoms. The Hall–Kier alpha value is -1.76. The lowest BCUT2D eigenvalue weighted by molar-refractivity contribution is -0.144. The van der Waals surface area contributed by atoms with Crippen LogP contribution >= 0.6 is 0 Å². The standard InChI is InChI=1S/C32H60N2O5/c1-4-7-8-9-10-11-12-13-14-15-16-17-18-21-28(35)26-27(32(38)39)23-24-31(37)34-25-20-19-22-29(33-6-3)30(36)5-2/h27,29,33H,4-26H2,1-3H3,(H,34,37)(H,38,39). The van der Waals surface area contributed by atoms with Crippen molar-refractivity contribution in [2.45, 2.75) is 162 Å². The molecule has 0 spiro atoms. The van der Waals surface area contributed by atoms with Crippen LogP contribution in [-0.2, 0) is 19.2 Å². The Bertz CT molecular complexity index is 652. The number of carbonyl (C=O) groups excluding carboxylic acids is 3. The van der Waals surface area contributed by atoms with Crippen molar-refractivity contribution in [3.05, 3.63) is 0 Å². The lowest BCUT2D eigenvalue weighted by atomic mass is 9.94. The average molecular weight is 553 g/mol. The Morgan fingerprint density at radius 2 is 1.23 bits per heavy atom. The molecule has 0 aliphatic rings. The van der Waals surface area contributed by atoms with Crippen LogP contribution in [0.4, 0.5) is 0 Å². The van der Waals surface area contributed by atoms with Gasteiger partial charge in [-0.1, -0.05) is 97.8 Å². The van der Waals surface area contributed by atoms with Gasteiger partial charge < -0.3 is 15.7 Å². The molecular weight excluding hydrogens is 492 g/mol. The Kier molecular flexibility index (Phi) is 25.3. The number of carbonyl (C=O) groups is 4. The van der Waals surface area contributed by atoms with Crippen molar-refractivity contribution in [1.29, 1.82) is 0 Å². The monoisotopic (exact) mass is 552 g/mol. The smallest absolute Gasteiger partial charge is 0.306 e. The largest absolute Gasteiger partial charge is 0.481 e. The van der Waals surface area contributed by atoms with Gasteiger partial charge in [-0.25, -0.2) is 0 Å². The zero-order chi connectivity index (χ0) is 29.1. The number of unbranched alkanes of at least 4 members (excludes halogenated alkanes) is 13. The van der Waals surface area contributed by atoms with E-state index in [-0.39, 0.29) is 42.8 Å². The van der Waals surface area contributed by atoms with Crippen LogP contribution in [0.1, 0.15) is 156 Å². The minimum atomic E-state index is -1.00. The highest BCUT2D eigenvalue weighted by molar-refractivity contribution is 5.84. The lowest BCUT2D eigenvalue weighted by Gasteiger charge is -2.16. The number of rotatable bonds is 29. The van der Waals surface area contributed by atoms with Gasteiger partial charge in [0, 0.05) is 32.2 Å². The van der Waals surface area contributed by atoms with E-state index in [0.717, 1.165) is 45.1 Å². The SMILES string of the molecule is CCCCCCCCCCCCCCCC(=O)CC(CCC(=O)NCCCCC(NCC)C(=O)CC)C(=O)O. The highest BCUT2D eigenvalue weighted by Crippen LogP contribution is 2.17. The third-order valence-corrected chi connectivity index (χ3v) is 7.53. The first-order chi connectivity index (χ1) is 18.8. The highest BCUT2D eigenvalue weighted by atomic mass is 16.4. The summed E-state index contributed by atoms with van der Waals surface area (Å²) >= 11 is 0. The van der Waals surface area contributed by atoms with Gasteiger partial charge >= 0.3 is 5.97 Å². The van der Waals surface area contributed by atoms with Gasteiger partial charge in [-0.3, -0.25) is 19.2 Å². The summed E-state index contributed by atoms with van der Waals surface area (Å²) in [5.41, 5.74) is 0. The van der Waals surface area contributed by atoms with E-state index >= 15 is 0 Å². The molecule has 2 atom stereocenters. The number of amides is 1. The normalized spacial score (nSPS) is 12.7. The summed E-state index contributed by atoms with van der Waals surface area (Å²) in [6.07, 6.45) is 19.8. The topological polar surface area (TPSA) is 113 Å². The number of carboxylic acids is 1. The Morgan fingerprint density at radius 1 is 0.667 bits per heavy atom. The Morgan fingerprint density at radius 3 is 1.74 bits per heavy atom. The molecule has 0 bridgehead atoms. The zero-order valence-electron chi connectivity index (χ0n) is 25.5. The van der Waals surface area contributed by atoms with Crippen molar-refractivity contribution in [1.82, 2.24) is 10.6 Å². The lowest BCUT2D eigenvalue weighted by Crippen LogP contribution is -2.36. The quantitative estimate of drug-likeness (QED) is 0.0849. The number of ketones is 2. The number of hydrogen-bond donors (Lipinski definition) is 3. The number of aliphatic carboxylic acids is 1. The van der Waals surface area contributed by atoms with Crippen LogP contribution in [0.5, 0.6) is 0 Å². The highest BCUT2D eigenvalue weighted by Gasteiger charge is 2.22. The predicted octanol–water partition coefficient (Wildman–Crippen LogP) is 7.15. The molecule has 1 amide bonds. The minimum absolute atomic E-state index is 0.0113. The molecule has 228 valence electrons.